The summed E-state index contributed by atoms with van der Waals surface area (Å²) in [5.41, 5.74) is -3.43. The van der Waals surface area contributed by atoms with Crippen LogP contribution in [0.3, 0.4) is 0 Å². The Hall–Kier alpha value is -1.40. The summed E-state index contributed by atoms with van der Waals surface area (Å²) in [5.74, 6) is -12.0. The minimum atomic E-state index is -1.54. The Bertz CT molecular complexity index is 753. The molecule has 0 atom stereocenters. The van der Waals surface area contributed by atoms with Crippen LogP contribution in [0.25, 0.3) is 0 Å². The van der Waals surface area contributed by atoms with Crippen LogP contribution in [0, 0.1) is 60.4 Å². The second kappa shape index (κ2) is 18.0. The Morgan fingerprint density at radius 1 is 0.455 bits per heavy atom. The maximum atomic E-state index is 12.8. The molecule has 0 aliphatic carbocycles. The molecule has 33 heavy (non-hydrogen) atoms. The van der Waals surface area contributed by atoms with Crippen molar-refractivity contribution in [2.45, 2.75) is 40.9 Å². The van der Waals surface area contributed by atoms with E-state index in [0.717, 1.165) is 13.8 Å². The van der Waals surface area contributed by atoms with Gasteiger partial charge in [0.1, 0.15) is 0 Å². The molecule has 0 fully saturated rings. The molecule has 2 aromatic rings. The van der Waals surface area contributed by atoms with E-state index in [4.69, 9.17) is 20.4 Å². The van der Waals surface area contributed by atoms with Crippen LogP contribution in [0.5, 0.6) is 0 Å². The van der Waals surface area contributed by atoms with Crippen molar-refractivity contribution in [3.8, 4) is 0 Å². The Labute approximate surface area is 204 Å². The minimum Gasteiger partial charge on any atom is -0.397 e. The number of halogens is 8. The standard InChI is InChI=1S/2C8H6F4O.2C2H6O.Zr/c2*1-3-5(9)7(11)4(2-13)8(12)6(3)10;2*1-2-3;/h2*13H,2H2,1H3;2*3H,2H2,1H3;. The van der Waals surface area contributed by atoms with Crippen molar-refractivity contribution < 1.29 is 81.8 Å². The number of aliphatic hydroxyl groups is 4. The van der Waals surface area contributed by atoms with E-state index >= 15 is 0 Å². The van der Waals surface area contributed by atoms with Crippen molar-refractivity contribution in [1.29, 1.82) is 0 Å². The first-order valence-corrected chi connectivity index (χ1v) is 8.90. The first-order chi connectivity index (χ1) is 14.8. The van der Waals surface area contributed by atoms with Gasteiger partial charge in [0.15, 0.2) is 46.5 Å². The quantitative estimate of drug-likeness (QED) is 0.324. The molecule has 2 aromatic carbocycles. The minimum absolute atomic E-state index is 0. The van der Waals surface area contributed by atoms with Gasteiger partial charge in [-0.1, -0.05) is 0 Å². The predicted octanol–water partition coefficient (Wildman–Crippen LogP) is 4.08. The van der Waals surface area contributed by atoms with Crippen molar-refractivity contribution in [2.24, 2.45) is 0 Å². The summed E-state index contributed by atoms with van der Waals surface area (Å²) in [7, 11) is 0. The van der Waals surface area contributed by atoms with Crippen LogP contribution in [0.2, 0.25) is 0 Å². The van der Waals surface area contributed by atoms with Crippen LogP contribution in [0.15, 0.2) is 0 Å². The molecule has 0 aromatic heterocycles. The molecule has 0 saturated carbocycles. The zero-order valence-electron chi connectivity index (χ0n) is 18.1. The van der Waals surface area contributed by atoms with E-state index < -0.39 is 82.0 Å². The Morgan fingerprint density at radius 2 is 0.606 bits per heavy atom. The maximum Gasteiger partial charge on any atom is 0.167 e. The summed E-state index contributed by atoms with van der Waals surface area (Å²) in [6, 6.07) is 0. The molecule has 0 amide bonds. The summed E-state index contributed by atoms with van der Waals surface area (Å²) in [4.78, 5) is 0. The molecular formula is C20H24F8O4Zr. The first kappa shape index (κ1) is 36.2. The number of hydrogen-bond donors (Lipinski definition) is 4. The van der Waals surface area contributed by atoms with Gasteiger partial charge in [-0.15, -0.1) is 0 Å². The summed E-state index contributed by atoms with van der Waals surface area (Å²) in [5, 5.41) is 32.0. The van der Waals surface area contributed by atoms with E-state index in [0.29, 0.717) is 0 Å². The van der Waals surface area contributed by atoms with Crippen molar-refractivity contribution in [2.75, 3.05) is 13.2 Å². The van der Waals surface area contributed by atoms with Gasteiger partial charge in [0.2, 0.25) is 0 Å². The molecule has 0 bridgehead atoms. The third kappa shape index (κ3) is 9.78. The number of rotatable bonds is 2. The molecule has 0 radical (unpaired) electrons. The summed E-state index contributed by atoms with van der Waals surface area (Å²) >= 11 is 0. The molecule has 0 saturated heterocycles. The molecule has 0 unspecified atom stereocenters. The van der Waals surface area contributed by atoms with Gasteiger partial charge in [0.25, 0.3) is 0 Å². The van der Waals surface area contributed by atoms with Gasteiger partial charge >= 0.3 is 0 Å². The molecule has 4 N–H and O–H groups in total. The van der Waals surface area contributed by atoms with Gasteiger partial charge in [-0.05, 0) is 27.7 Å². The number of aliphatic hydroxyl groups excluding tert-OH is 4. The largest absolute Gasteiger partial charge is 0.397 e. The average molecular weight is 572 g/mol. The topological polar surface area (TPSA) is 80.9 Å². The van der Waals surface area contributed by atoms with Crippen molar-refractivity contribution in [3.63, 3.8) is 0 Å². The summed E-state index contributed by atoms with van der Waals surface area (Å²) < 4.78 is 102. The Morgan fingerprint density at radius 3 is 0.727 bits per heavy atom. The average Bonchev–Trinajstić information content (AvgIpc) is 2.76. The van der Waals surface area contributed by atoms with Crippen LogP contribution in [0.1, 0.15) is 36.1 Å². The van der Waals surface area contributed by atoms with E-state index in [1.807, 2.05) is 0 Å². The molecule has 2 rings (SSSR count). The van der Waals surface area contributed by atoms with Gasteiger partial charge in [-0.25, -0.2) is 35.1 Å². The van der Waals surface area contributed by atoms with Gasteiger partial charge in [0, 0.05) is 50.5 Å². The van der Waals surface area contributed by atoms with Crippen LogP contribution in [0.4, 0.5) is 35.1 Å². The normalized spacial score (nSPS) is 9.45. The van der Waals surface area contributed by atoms with Crippen LogP contribution >= 0.6 is 0 Å². The number of hydrogen-bond acceptors (Lipinski definition) is 4. The SMILES string of the molecule is CCO.CCO.Cc1c(F)c(F)c(CO)c(F)c1F.Cc1c(F)c(F)c(CO)c(F)c1F.[Zr]. The molecular weight excluding hydrogens is 547 g/mol. The predicted molar refractivity (Wildman–Crippen MR) is 99.4 cm³/mol. The third-order valence-electron chi connectivity index (χ3n) is 3.46. The van der Waals surface area contributed by atoms with Gasteiger partial charge in [-0.3, -0.25) is 0 Å². The molecule has 0 aliphatic heterocycles. The molecule has 0 spiro atoms. The Kier molecular flexibility index (Phi) is 19.7. The van der Waals surface area contributed by atoms with Gasteiger partial charge in [0.05, 0.1) is 24.3 Å². The monoisotopic (exact) mass is 570 g/mol. The van der Waals surface area contributed by atoms with E-state index in [2.05, 4.69) is 0 Å². The number of benzene rings is 2. The second-order valence-corrected chi connectivity index (χ2v) is 5.67. The van der Waals surface area contributed by atoms with E-state index in [1.165, 1.54) is 0 Å². The van der Waals surface area contributed by atoms with Crippen LogP contribution in [-0.2, 0) is 39.4 Å². The van der Waals surface area contributed by atoms with E-state index in [-0.39, 0.29) is 39.4 Å². The smallest absolute Gasteiger partial charge is 0.167 e. The maximum absolute atomic E-state index is 12.8. The molecule has 188 valence electrons. The molecule has 4 nitrogen and oxygen atoms in total. The van der Waals surface area contributed by atoms with E-state index in [9.17, 15) is 35.1 Å². The van der Waals surface area contributed by atoms with Crippen molar-refractivity contribution in [3.05, 3.63) is 68.8 Å². The fourth-order valence-corrected chi connectivity index (χ4v) is 1.85. The first-order valence-electron chi connectivity index (χ1n) is 8.90. The molecule has 0 heterocycles. The summed E-state index contributed by atoms with van der Waals surface area (Å²) in [6.07, 6.45) is 0. The zero-order valence-corrected chi connectivity index (χ0v) is 20.6. The van der Waals surface area contributed by atoms with Gasteiger partial charge < -0.3 is 20.4 Å². The van der Waals surface area contributed by atoms with E-state index in [1.54, 1.807) is 13.8 Å². The fraction of sp³-hybridized carbons (Fsp3) is 0.400. The zero-order chi connectivity index (χ0) is 25.8. The van der Waals surface area contributed by atoms with Crippen molar-refractivity contribution in [1.82, 2.24) is 0 Å². The fourth-order valence-electron chi connectivity index (χ4n) is 1.85. The summed E-state index contributed by atoms with van der Waals surface area (Å²) in [6.45, 7) is 3.54. The van der Waals surface area contributed by atoms with Crippen molar-refractivity contribution >= 4 is 0 Å². The van der Waals surface area contributed by atoms with Crippen LogP contribution < -0.4 is 0 Å². The second-order valence-electron chi connectivity index (χ2n) is 5.67. The third-order valence-corrected chi connectivity index (χ3v) is 3.46. The molecule has 13 heteroatoms. The Balaban J connectivity index is -0.000000430. The molecule has 0 aliphatic rings. The van der Waals surface area contributed by atoms with Crippen LogP contribution in [-0.4, -0.2) is 33.6 Å². The van der Waals surface area contributed by atoms with Gasteiger partial charge in [-0.2, -0.15) is 0 Å².